The van der Waals surface area contributed by atoms with Crippen LogP contribution >= 0.6 is 11.8 Å². The zero-order valence-corrected chi connectivity index (χ0v) is 15.0. The Hall–Kier alpha value is -1.76. The number of hydrogen-bond acceptors (Lipinski definition) is 5. The van der Waals surface area contributed by atoms with Crippen molar-refractivity contribution in [1.29, 1.82) is 0 Å². The maximum Gasteiger partial charge on any atom is 0.233 e. The zero-order chi connectivity index (χ0) is 16.9. The predicted octanol–water partition coefficient (Wildman–Crippen LogP) is 3.48. The summed E-state index contributed by atoms with van der Waals surface area (Å²) >= 11 is 1.48. The second-order valence-electron chi connectivity index (χ2n) is 6.25. The molecule has 6 nitrogen and oxygen atoms in total. The van der Waals surface area contributed by atoms with Gasteiger partial charge in [-0.15, -0.1) is 10.2 Å². The van der Waals surface area contributed by atoms with E-state index in [1.165, 1.54) is 43.9 Å². The average Bonchev–Trinajstić information content (AvgIpc) is 3.23. The minimum absolute atomic E-state index is 0.0211. The van der Waals surface area contributed by atoms with Gasteiger partial charge in [0.05, 0.1) is 18.1 Å². The van der Waals surface area contributed by atoms with Crippen molar-refractivity contribution < 1.29 is 9.21 Å². The second kappa shape index (κ2) is 7.88. The van der Waals surface area contributed by atoms with Crippen LogP contribution in [0.2, 0.25) is 0 Å². The minimum atomic E-state index is -0.231. The highest BCUT2D eigenvalue weighted by atomic mass is 32.2. The van der Waals surface area contributed by atoms with Gasteiger partial charge >= 0.3 is 0 Å². The number of nitrogens with zero attached hydrogens (tertiary/aromatic N) is 3. The molecule has 0 spiro atoms. The summed E-state index contributed by atoms with van der Waals surface area (Å²) in [6.45, 7) is 4.30. The van der Waals surface area contributed by atoms with Crippen LogP contribution in [0.5, 0.6) is 0 Å². The molecule has 1 fully saturated rings. The highest BCUT2D eigenvalue weighted by molar-refractivity contribution is 8.00. The Balaban J connectivity index is 1.61. The van der Waals surface area contributed by atoms with Crippen molar-refractivity contribution in [2.75, 3.05) is 0 Å². The van der Waals surface area contributed by atoms with Crippen molar-refractivity contribution in [3.05, 3.63) is 30.0 Å². The van der Waals surface area contributed by atoms with Gasteiger partial charge in [-0.25, -0.2) is 0 Å². The molecule has 2 aromatic heterocycles. The molecule has 0 radical (unpaired) electrons. The molecule has 2 aromatic rings. The van der Waals surface area contributed by atoms with E-state index in [4.69, 9.17) is 4.42 Å². The van der Waals surface area contributed by atoms with Crippen LogP contribution in [0.3, 0.4) is 0 Å². The number of carbonyl (C=O) groups excluding carboxylic acids is 1. The Bertz CT molecular complexity index is 662. The Morgan fingerprint density at radius 3 is 2.92 bits per heavy atom. The number of nitrogens with one attached hydrogen (secondary N) is 1. The first-order chi connectivity index (χ1) is 11.6. The molecule has 0 saturated heterocycles. The molecule has 1 saturated carbocycles. The van der Waals surface area contributed by atoms with Gasteiger partial charge in [0, 0.05) is 6.04 Å². The van der Waals surface area contributed by atoms with E-state index in [0.717, 1.165) is 16.7 Å². The van der Waals surface area contributed by atoms with Crippen LogP contribution in [0, 0.1) is 6.92 Å². The highest BCUT2D eigenvalue weighted by Gasteiger charge is 2.24. The van der Waals surface area contributed by atoms with E-state index in [0.29, 0.717) is 12.6 Å². The third kappa shape index (κ3) is 4.01. The number of furan rings is 1. The normalized spacial score (nSPS) is 16.9. The maximum absolute atomic E-state index is 12.3. The van der Waals surface area contributed by atoms with Crippen LogP contribution < -0.4 is 5.32 Å². The quantitative estimate of drug-likeness (QED) is 0.809. The molecule has 0 aromatic carbocycles. The Kier molecular flexibility index (Phi) is 5.60. The molecule has 0 aliphatic heterocycles. The van der Waals surface area contributed by atoms with Crippen molar-refractivity contribution in [2.45, 2.75) is 68.9 Å². The lowest BCUT2D eigenvalue weighted by atomic mass is 9.95. The van der Waals surface area contributed by atoms with Crippen molar-refractivity contribution in [2.24, 2.45) is 0 Å². The van der Waals surface area contributed by atoms with E-state index in [2.05, 4.69) is 20.1 Å². The molecule has 2 heterocycles. The van der Waals surface area contributed by atoms with Gasteiger partial charge in [0.2, 0.25) is 5.91 Å². The summed E-state index contributed by atoms with van der Waals surface area (Å²) in [7, 11) is 0. The van der Waals surface area contributed by atoms with E-state index >= 15 is 0 Å². The van der Waals surface area contributed by atoms with Gasteiger partial charge in [-0.2, -0.15) is 0 Å². The van der Waals surface area contributed by atoms with E-state index in [-0.39, 0.29) is 11.2 Å². The first-order valence-electron chi connectivity index (χ1n) is 8.53. The number of amides is 1. The summed E-state index contributed by atoms with van der Waals surface area (Å²) in [4.78, 5) is 12.3. The molecule has 0 unspecified atom stereocenters. The van der Waals surface area contributed by atoms with Gasteiger partial charge in [0.15, 0.2) is 5.16 Å². The fourth-order valence-corrected chi connectivity index (χ4v) is 4.12. The van der Waals surface area contributed by atoms with Gasteiger partial charge in [0.25, 0.3) is 0 Å². The lowest BCUT2D eigenvalue weighted by molar-refractivity contribution is -0.120. The first kappa shape index (κ1) is 17.1. The van der Waals surface area contributed by atoms with E-state index in [9.17, 15) is 4.79 Å². The molecule has 1 amide bonds. The monoisotopic (exact) mass is 348 g/mol. The highest BCUT2D eigenvalue weighted by Crippen LogP contribution is 2.33. The molecule has 1 atom stereocenters. The first-order valence-corrected chi connectivity index (χ1v) is 9.41. The number of carbonyl (C=O) groups is 1. The van der Waals surface area contributed by atoms with Crippen LogP contribution in [-0.2, 0) is 11.3 Å². The van der Waals surface area contributed by atoms with Crippen LogP contribution in [0.4, 0.5) is 0 Å². The standard InChI is InChI=1S/C17H24N4O2S/c1-12(16(22)18-11-15-9-6-10-23-15)24-17-20-19-13(2)21(17)14-7-4-3-5-8-14/h6,9-10,12,14H,3-5,7-8,11H2,1-2H3,(H,18,22)/t12-/m1/s1. The smallest absolute Gasteiger partial charge is 0.233 e. The molecule has 1 aliphatic carbocycles. The number of aryl methyl sites for hydroxylation is 1. The Morgan fingerprint density at radius 1 is 1.42 bits per heavy atom. The van der Waals surface area contributed by atoms with Crippen LogP contribution in [-0.4, -0.2) is 25.9 Å². The van der Waals surface area contributed by atoms with Crippen LogP contribution in [0.15, 0.2) is 28.0 Å². The number of thioether (sulfide) groups is 1. The summed E-state index contributed by atoms with van der Waals surface area (Å²) in [6, 6.07) is 4.13. The fraction of sp³-hybridized carbons (Fsp3) is 0.588. The van der Waals surface area contributed by atoms with E-state index in [1.807, 2.05) is 26.0 Å². The van der Waals surface area contributed by atoms with Crippen molar-refractivity contribution in [3.63, 3.8) is 0 Å². The van der Waals surface area contributed by atoms with Gasteiger partial charge in [0.1, 0.15) is 11.6 Å². The minimum Gasteiger partial charge on any atom is -0.467 e. The summed E-state index contributed by atoms with van der Waals surface area (Å²) in [5.74, 6) is 1.67. The molecular formula is C17H24N4O2S. The molecule has 1 N–H and O–H groups in total. The summed E-state index contributed by atoms with van der Waals surface area (Å²) < 4.78 is 7.46. The van der Waals surface area contributed by atoms with Crippen molar-refractivity contribution in [3.8, 4) is 0 Å². The van der Waals surface area contributed by atoms with Gasteiger partial charge in [-0.3, -0.25) is 4.79 Å². The summed E-state index contributed by atoms with van der Waals surface area (Å²) in [6.07, 6.45) is 7.77. The maximum atomic E-state index is 12.3. The van der Waals surface area contributed by atoms with Crippen molar-refractivity contribution in [1.82, 2.24) is 20.1 Å². The molecular weight excluding hydrogens is 324 g/mol. The van der Waals surface area contributed by atoms with Crippen molar-refractivity contribution >= 4 is 17.7 Å². The number of aromatic nitrogens is 3. The van der Waals surface area contributed by atoms with Gasteiger partial charge in [-0.05, 0) is 38.8 Å². The van der Waals surface area contributed by atoms with Crippen LogP contribution in [0.1, 0.15) is 56.7 Å². The average molecular weight is 348 g/mol. The number of hydrogen-bond donors (Lipinski definition) is 1. The molecule has 0 bridgehead atoms. The zero-order valence-electron chi connectivity index (χ0n) is 14.2. The van der Waals surface area contributed by atoms with Gasteiger partial charge in [-0.1, -0.05) is 31.0 Å². The van der Waals surface area contributed by atoms with Crippen LogP contribution in [0.25, 0.3) is 0 Å². The van der Waals surface area contributed by atoms with Gasteiger partial charge < -0.3 is 14.3 Å². The largest absolute Gasteiger partial charge is 0.467 e. The molecule has 24 heavy (non-hydrogen) atoms. The van der Waals surface area contributed by atoms with E-state index < -0.39 is 0 Å². The Morgan fingerprint density at radius 2 is 2.21 bits per heavy atom. The SMILES string of the molecule is Cc1nnc(S[C@H](C)C(=O)NCc2ccco2)n1C1CCCCC1. The molecule has 1 aliphatic rings. The molecule has 7 heteroatoms. The van der Waals surface area contributed by atoms with E-state index in [1.54, 1.807) is 6.26 Å². The molecule has 130 valence electrons. The second-order valence-corrected chi connectivity index (χ2v) is 7.56. The lowest BCUT2D eigenvalue weighted by Crippen LogP contribution is -2.30. The predicted molar refractivity (Wildman–Crippen MR) is 92.8 cm³/mol. The number of rotatable bonds is 6. The third-order valence-electron chi connectivity index (χ3n) is 4.44. The summed E-state index contributed by atoms with van der Waals surface area (Å²) in [5.41, 5.74) is 0. The summed E-state index contributed by atoms with van der Waals surface area (Å²) in [5, 5.41) is 12.1. The Labute approximate surface area is 146 Å². The lowest BCUT2D eigenvalue weighted by Gasteiger charge is -2.25. The third-order valence-corrected chi connectivity index (χ3v) is 5.50. The fourth-order valence-electron chi connectivity index (χ4n) is 3.13. The molecule has 3 rings (SSSR count). The topological polar surface area (TPSA) is 73.0 Å².